The van der Waals surface area contributed by atoms with Crippen molar-refractivity contribution in [3.8, 4) is 0 Å². The van der Waals surface area contributed by atoms with Crippen LogP contribution in [0, 0.1) is 0 Å². The first kappa shape index (κ1) is 10.6. The number of carboxylic acids is 1. The first-order valence-electron chi connectivity index (χ1n) is 2.66. The van der Waals surface area contributed by atoms with Crippen LogP contribution in [0.2, 0.25) is 0 Å². The van der Waals surface area contributed by atoms with E-state index in [0.29, 0.717) is 0 Å². The summed E-state index contributed by atoms with van der Waals surface area (Å²) in [5.41, 5.74) is -1.76. The van der Waals surface area contributed by atoms with E-state index in [2.05, 4.69) is 4.74 Å². The summed E-state index contributed by atoms with van der Waals surface area (Å²) in [6, 6.07) is 0. The quantitative estimate of drug-likeness (QED) is 0.497. The molecule has 0 aromatic carbocycles. The molecule has 1 unspecified atom stereocenters. The molecule has 1 atom stereocenters. The molecule has 0 aliphatic carbocycles. The van der Waals surface area contributed by atoms with Crippen LogP contribution < -0.4 is 0 Å². The maximum atomic E-state index is 10.4. The molecule has 7 heteroatoms. The molecular formula is C4H9O6P. The van der Waals surface area contributed by atoms with E-state index in [1.807, 2.05) is 0 Å². The van der Waals surface area contributed by atoms with Crippen molar-refractivity contribution in [1.29, 1.82) is 0 Å². The van der Waals surface area contributed by atoms with Gasteiger partial charge in [-0.05, 0) is 0 Å². The predicted molar refractivity (Wildman–Crippen MR) is 35.3 cm³/mol. The highest BCUT2D eigenvalue weighted by molar-refractivity contribution is 7.53. The van der Waals surface area contributed by atoms with Crippen LogP contribution in [-0.4, -0.2) is 40.2 Å². The van der Waals surface area contributed by atoms with Crippen molar-refractivity contribution in [3.05, 3.63) is 0 Å². The molecule has 0 saturated carbocycles. The van der Waals surface area contributed by atoms with Crippen LogP contribution >= 0.6 is 7.60 Å². The van der Waals surface area contributed by atoms with Crippen molar-refractivity contribution in [3.63, 3.8) is 0 Å². The third kappa shape index (κ3) is 3.48. The lowest BCUT2D eigenvalue weighted by Crippen LogP contribution is -2.25. The highest BCUT2D eigenvalue weighted by Gasteiger charge is 2.35. The maximum absolute atomic E-state index is 10.4. The molecule has 0 radical (unpaired) electrons. The molecule has 11 heavy (non-hydrogen) atoms. The van der Waals surface area contributed by atoms with Crippen LogP contribution in [0.1, 0.15) is 0 Å². The molecular weight excluding hydrogens is 175 g/mol. The molecule has 0 aromatic rings. The molecule has 6 nitrogen and oxygen atoms in total. The molecule has 0 amide bonds. The Hall–Kier alpha value is -0.420. The highest BCUT2D eigenvalue weighted by atomic mass is 31.2. The summed E-state index contributed by atoms with van der Waals surface area (Å²) in [5.74, 6) is -1.56. The zero-order chi connectivity index (χ0) is 9.07. The minimum atomic E-state index is -4.57. The summed E-state index contributed by atoms with van der Waals surface area (Å²) < 4.78 is 14.7. The van der Waals surface area contributed by atoms with Crippen LogP contribution in [0.15, 0.2) is 0 Å². The number of carboxylic acid groups (broad SMARTS) is 1. The summed E-state index contributed by atoms with van der Waals surface area (Å²) >= 11 is 0. The van der Waals surface area contributed by atoms with Gasteiger partial charge in [-0.1, -0.05) is 0 Å². The molecule has 0 aromatic heterocycles. The van der Waals surface area contributed by atoms with Crippen LogP contribution in [0.5, 0.6) is 0 Å². The summed E-state index contributed by atoms with van der Waals surface area (Å²) in [7, 11) is -3.40. The molecule has 0 aliphatic heterocycles. The zero-order valence-electron chi connectivity index (χ0n) is 5.80. The highest BCUT2D eigenvalue weighted by Crippen LogP contribution is 2.41. The standard InChI is InChI=1S/C4H9O6P/c1-10-2-3(4(5)6)11(7,8)9/h3H,2H2,1H3,(H,5,6)(H2,7,8,9). The molecule has 0 aliphatic rings. The Balaban J connectivity index is 4.35. The molecule has 66 valence electrons. The molecule has 0 heterocycles. The van der Waals surface area contributed by atoms with Crippen molar-refractivity contribution in [2.75, 3.05) is 13.7 Å². The van der Waals surface area contributed by atoms with Gasteiger partial charge in [0.1, 0.15) is 0 Å². The van der Waals surface area contributed by atoms with Gasteiger partial charge in [-0.25, -0.2) is 0 Å². The number of rotatable bonds is 4. The Morgan fingerprint density at radius 1 is 1.64 bits per heavy atom. The maximum Gasteiger partial charge on any atom is 0.342 e. The minimum Gasteiger partial charge on any atom is -0.480 e. The Morgan fingerprint density at radius 2 is 2.09 bits per heavy atom. The van der Waals surface area contributed by atoms with Gasteiger partial charge >= 0.3 is 13.6 Å². The third-order valence-electron chi connectivity index (χ3n) is 1.02. The summed E-state index contributed by atoms with van der Waals surface area (Å²) in [6.07, 6.45) is 0. The topological polar surface area (TPSA) is 104 Å². The van der Waals surface area contributed by atoms with Crippen LogP contribution in [-0.2, 0) is 14.1 Å². The average molecular weight is 184 g/mol. The second kappa shape index (κ2) is 3.82. The average Bonchev–Trinajstić information content (AvgIpc) is 1.79. The Kier molecular flexibility index (Phi) is 3.68. The van der Waals surface area contributed by atoms with Gasteiger partial charge in [0.25, 0.3) is 0 Å². The van der Waals surface area contributed by atoms with Crippen molar-refractivity contribution in [2.24, 2.45) is 0 Å². The molecule has 0 rings (SSSR count). The number of carbonyl (C=O) groups is 1. The van der Waals surface area contributed by atoms with Crippen molar-refractivity contribution < 1.29 is 29.0 Å². The summed E-state index contributed by atoms with van der Waals surface area (Å²) in [4.78, 5) is 27.0. The molecule has 3 N–H and O–H groups in total. The lowest BCUT2D eigenvalue weighted by molar-refractivity contribution is -0.137. The van der Waals surface area contributed by atoms with E-state index in [4.69, 9.17) is 14.9 Å². The lowest BCUT2D eigenvalue weighted by Gasteiger charge is -2.11. The van der Waals surface area contributed by atoms with E-state index in [0.717, 1.165) is 0 Å². The first-order valence-corrected chi connectivity index (χ1v) is 4.34. The second-order valence-corrected chi connectivity index (χ2v) is 3.70. The minimum absolute atomic E-state index is 0.486. The Labute approximate surface area is 63.0 Å². The Morgan fingerprint density at radius 3 is 2.18 bits per heavy atom. The molecule has 0 fully saturated rings. The SMILES string of the molecule is COCC(C(=O)O)P(=O)(O)O. The Bertz CT molecular complexity index is 183. The van der Waals surface area contributed by atoms with E-state index >= 15 is 0 Å². The molecule has 0 spiro atoms. The van der Waals surface area contributed by atoms with E-state index in [9.17, 15) is 9.36 Å². The zero-order valence-corrected chi connectivity index (χ0v) is 6.69. The van der Waals surface area contributed by atoms with Gasteiger partial charge in [0.05, 0.1) is 6.61 Å². The van der Waals surface area contributed by atoms with E-state index in [1.54, 1.807) is 0 Å². The van der Waals surface area contributed by atoms with Crippen molar-refractivity contribution in [2.45, 2.75) is 5.66 Å². The number of methoxy groups -OCH3 is 1. The van der Waals surface area contributed by atoms with E-state index in [-0.39, 0.29) is 0 Å². The van der Waals surface area contributed by atoms with E-state index < -0.39 is 25.8 Å². The number of aliphatic carboxylic acids is 1. The third-order valence-corrected chi connectivity index (χ3v) is 2.20. The smallest absolute Gasteiger partial charge is 0.342 e. The van der Waals surface area contributed by atoms with Crippen LogP contribution in [0.4, 0.5) is 0 Å². The van der Waals surface area contributed by atoms with Gasteiger partial charge in [0, 0.05) is 7.11 Å². The largest absolute Gasteiger partial charge is 0.480 e. The monoisotopic (exact) mass is 184 g/mol. The lowest BCUT2D eigenvalue weighted by atomic mass is 10.5. The fraction of sp³-hybridized carbons (Fsp3) is 0.750. The first-order chi connectivity index (χ1) is 4.89. The normalized spacial score (nSPS) is 14.5. The van der Waals surface area contributed by atoms with Crippen LogP contribution in [0.25, 0.3) is 0 Å². The van der Waals surface area contributed by atoms with Crippen LogP contribution in [0.3, 0.4) is 0 Å². The molecule has 0 saturated heterocycles. The van der Waals surface area contributed by atoms with Gasteiger partial charge < -0.3 is 19.6 Å². The number of ether oxygens (including phenoxy) is 1. The fourth-order valence-electron chi connectivity index (χ4n) is 0.470. The second-order valence-electron chi connectivity index (χ2n) is 1.90. The summed E-state index contributed by atoms with van der Waals surface area (Å²) in [5, 5.41) is 8.27. The van der Waals surface area contributed by atoms with Gasteiger partial charge in [0.2, 0.25) is 0 Å². The van der Waals surface area contributed by atoms with Gasteiger partial charge in [-0.15, -0.1) is 0 Å². The van der Waals surface area contributed by atoms with Crippen molar-refractivity contribution in [1.82, 2.24) is 0 Å². The van der Waals surface area contributed by atoms with Gasteiger partial charge in [-0.2, -0.15) is 0 Å². The predicted octanol–water partition coefficient (Wildman–Crippen LogP) is -0.736. The molecule has 0 bridgehead atoms. The summed E-state index contributed by atoms with van der Waals surface area (Å²) in [6.45, 7) is -0.486. The number of hydrogen-bond donors (Lipinski definition) is 3. The van der Waals surface area contributed by atoms with Crippen molar-refractivity contribution >= 4 is 13.6 Å². The fourth-order valence-corrected chi connectivity index (χ4v) is 1.10. The number of hydrogen-bond acceptors (Lipinski definition) is 3. The van der Waals surface area contributed by atoms with Gasteiger partial charge in [0.15, 0.2) is 5.66 Å². The van der Waals surface area contributed by atoms with E-state index in [1.165, 1.54) is 7.11 Å². The van der Waals surface area contributed by atoms with Gasteiger partial charge in [-0.3, -0.25) is 9.36 Å².